The molecule has 1 aromatic rings. The van der Waals surface area contributed by atoms with Crippen LogP contribution in [0.1, 0.15) is 24.5 Å². The molecule has 0 aliphatic heterocycles. The molecule has 1 rings (SSSR count). The number of amides is 1. The smallest absolute Gasteiger partial charge is 0.234 e. The highest BCUT2D eigenvalue weighted by Gasteiger charge is 2.25. The Morgan fingerprint density at radius 3 is 2.83 bits per heavy atom. The Balaban J connectivity index is 2.42. The minimum Gasteiger partial charge on any atom is -0.383 e. The van der Waals surface area contributed by atoms with Crippen molar-refractivity contribution < 1.29 is 9.53 Å². The molecule has 0 radical (unpaired) electrons. The van der Waals surface area contributed by atoms with Crippen LogP contribution in [0.5, 0.6) is 0 Å². The van der Waals surface area contributed by atoms with Gasteiger partial charge in [0.2, 0.25) is 5.91 Å². The number of carbonyl (C=O) groups excluding carboxylic acids is 1. The number of rotatable bonds is 7. The molecule has 0 saturated heterocycles. The molecule has 1 heterocycles. The largest absolute Gasteiger partial charge is 0.383 e. The van der Waals surface area contributed by atoms with E-state index in [4.69, 9.17) is 4.74 Å². The van der Waals surface area contributed by atoms with E-state index in [-0.39, 0.29) is 12.5 Å². The summed E-state index contributed by atoms with van der Waals surface area (Å²) in [6.07, 6.45) is 0. The molecular formula is C12H21N3O2S. The third-order valence-electron chi connectivity index (χ3n) is 2.37. The zero-order chi connectivity index (χ0) is 13.6. The summed E-state index contributed by atoms with van der Waals surface area (Å²) in [6.45, 7) is 7.42. The molecular weight excluding hydrogens is 250 g/mol. The third kappa shape index (κ3) is 4.72. The van der Waals surface area contributed by atoms with E-state index >= 15 is 0 Å². The molecule has 0 aliphatic carbocycles. The molecule has 18 heavy (non-hydrogen) atoms. The fourth-order valence-corrected chi connectivity index (χ4v) is 2.34. The molecule has 6 heteroatoms. The molecule has 0 atom stereocenters. The molecule has 0 bridgehead atoms. The number of carbonyl (C=O) groups is 1. The van der Waals surface area contributed by atoms with E-state index in [1.54, 1.807) is 18.4 Å². The van der Waals surface area contributed by atoms with Crippen LogP contribution in [0.2, 0.25) is 0 Å². The lowest BCUT2D eigenvalue weighted by atomic mass is 10.1. The summed E-state index contributed by atoms with van der Waals surface area (Å²) in [4.78, 5) is 16.2. The minimum absolute atomic E-state index is 0.0380. The summed E-state index contributed by atoms with van der Waals surface area (Å²) in [7, 11) is 1.63. The molecule has 1 amide bonds. The Labute approximate surface area is 112 Å². The second-order valence-electron chi connectivity index (χ2n) is 4.64. The molecule has 0 saturated carbocycles. The summed E-state index contributed by atoms with van der Waals surface area (Å²) in [5.41, 5.74) is 0.550. The van der Waals surface area contributed by atoms with Crippen molar-refractivity contribution in [3.8, 4) is 0 Å². The van der Waals surface area contributed by atoms with E-state index in [0.29, 0.717) is 13.2 Å². The lowest BCUT2D eigenvalue weighted by Crippen LogP contribution is -2.45. The number of ether oxygens (including phenoxy) is 1. The monoisotopic (exact) mass is 271 g/mol. The maximum absolute atomic E-state index is 11.8. The standard InChI is InChI=1S/C12H21N3O2S/c1-9-8-18-11(14-9)12(2,3)15-10(16)7-13-5-6-17-4/h8,13H,5-7H2,1-4H3,(H,15,16). The summed E-state index contributed by atoms with van der Waals surface area (Å²) >= 11 is 1.56. The highest BCUT2D eigenvalue weighted by atomic mass is 32.1. The summed E-state index contributed by atoms with van der Waals surface area (Å²) < 4.78 is 4.89. The lowest BCUT2D eigenvalue weighted by molar-refractivity contribution is -0.121. The van der Waals surface area contributed by atoms with Crippen molar-refractivity contribution in [1.29, 1.82) is 0 Å². The predicted molar refractivity (Wildman–Crippen MR) is 72.8 cm³/mol. The van der Waals surface area contributed by atoms with E-state index in [1.807, 2.05) is 26.2 Å². The lowest BCUT2D eigenvalue weighted by Gasteiger charge is -2.24. The van der Waals surface area contributed by atoms with Crippen molar-refractivity contribution in [3.05, 3.63) is 16.1 Å². The SMILES string of the molecule is COCCNCC(=O)NC(C)(C)c1nc(C)cs1. The van der Waals surface area contributed by atoms with Crippen LogP contribution in [0.25, 0.3) is 0 Å². The van der Waals surface area contributed by atoms with Gasteiger partial charge in [0, 0.05) is 24.7 Å². The van der Waals surface area contributed by atoms with Crippen LogP contribution in [0.3, 0.4) is 0 Å². The van der Waals surface area contributed by atoms with Gasteiger partial charge in [-0.2, -0.15) is 0 Å². The zero-order valence-electron chi connectivity index (χ0n) is 11.4. The van der Waals surface area contributed by atoms with Crippen LogP contribution in [0.15, 0.2) is 5.38 Å². The maximum atomic E-state index is 11.8. The van der Waals surface area contributed by atoms with Gasteiger partial charge in [0.05, 0.1) is 18.7 Å². The van der Waals surface area contributed by atoms with Crippen molar-refractivity contribution in [2.45, 2.75) is 26.3 Å². The first-order chi connectivity index (χ1) is 8.45. The van der Waals surface area contributed by atoms with Crippen LogP contribution in [-0.2, 0) is 15.1 Å². The van der Waals surface area contributed by atoms with Gasteiger partial charge in [0.25, 0.3) is 0 Å². The fraction of sp³-hybridized carbons (Fsp3) is 0.667. The number of thiazole rings is 1. The summed E-state index contributed by atoms with van der Waals surface area (Å²) in [5.74, 6) is -0.0380. The molecule has 0 spiro atoms. The first kappa shape index (κ1) is 15.1. The Kier molecular flexibility index (Phi) is 5.71. The Morgan fingerprint density at radius 2 is 2.28 bits per heavy atom. The number of hydrogen-bond acceptors (Lipinski definition) is 5. The second kappa shape index (κ2) is 6.82. The van der Waals surface area contributed by atoms with Gasteiger partial charge in [-0.3, -0.25) is 4.79 Å². The van der Waals surface area contributed by atoms with Crippen molar-refractivity contribution in [2.24, 2.45) is 0 Å². The van der Waals surface area contributed by atoms with Crippen LogP contribution in [0.4, 0.5) is 0 Å². The molecule has 0 fully saturated rings. The van der Waals surface area contributed by atoms with Gasteiger partial charge in [0.1, 0.15) is 5.01 Å². The van der Waals surface area contributed by atoms with Crippen LogP contribution >= 0.6 is 11.3 Å². The average Bonchev–Trinajstić information content (AvgIpc) is 2.71. The number of hydrogen-bond donors (Lipinski definition) is 2. The highest BCUT2D eigenvalue weighted by molar-refractivity contribution is 7.09. The van der Waals surface area contributed by atoms with Gasteiger partial charge < -0.3 is 15.4 Å². The number of aryl methyl sites for hydroxylation is 1. The molecule has 0 aliphatic rings. The molecule has 0 aromatic carbocycles. The van der Waals surface area contributed by atoms with Gasteiger partial charge in [0.15, 0.2) is 0 Å². The van der Waals surface area contributed by atoms with Crippen LogP contribution < -0.4 is 10.6 Å². The van der Waals surface area contributed by atoms with Gasteiger partial charge in [-0.15, -0.1) is 11.3 Å². The summed E-state index contributed by atoms with van der Waals surface area (Å²) in [6, 6.07) is 0. The van der Waals surface area contributed by atoms with Gasteiger partial charge in [-0.05, 0) is 20.8 Å². The van der Waals surface area contributed by atoms with Crippen molar-refractivity contribution >= 4 is 17.2 Å². The normalized spacial score (nSPS) is 11.6. The van der Waals surface area contributed by atoms with E-state index < -0.39 is 5.54 Å². The number of nitrogens with one attached hydrogen (secondary N) is 2. The number of methoxy groups -OCH3 is 1. The average molecular weight is 271 g/mol. The minimum atomic E-state index is -0.432. The maximum Gasteiger partial charge on any atom is 0.234 e. The van der Waals surface area contributed by atoms with Gasteiger partial charge in [-0.1, -0.05) is 0 Å². The second-order valence-corrected chi connectivity index (χ2v) is 5.49. The van der Waals surface area contributed by atoms with E-state index in [9.17, 15) is 4.79 Å². The molecule has 102 valence electrons. The Hall–Kier alpha value is -0.980. The quantitative estimate of drug-likeness (QED) is 0.727. The van der Waals surface area contributed by atoms with E-state index in [1.165, 1.54) is 0 Å². The Bertz CT molecular complexity index is 390. The van der Waals surface area contributed by atoms with Gasteiger partial charge in [-0.25, -0.2) is 4.98 Å². The van der Waals surface area contributed by atoms with Crippen LogP contribution in [0, 0.1) is 6.92 Å². The third-order valence-corrected chi connectivity index (χ3v) is 3.66. The number of aromatic nitrogens is 1. The first-order valence-corrected chi connectivity index (χ1v) is 6.77. The van der Waals surface area contributed by atoms with Crippen molar-refractivity contribution in [2.75, 3.05) is 26.8 Å². The Morgan fingerprint density at radius 1 is 1.56 bits per heavy atom. The topological polar surface area (TPSA) is 63.2 Å². The van der Waals surface area contributed by atoms with E-state index in [0.717, 1.165) is 10.7 Å². The summed E-state index contributed by atoms with van der Waals surface area (Å²) in [5, 5.41) is 8.89. The first-order valence-electron chi connectivity index (χ1n) is 5.89. The fourth-order valence-electron chi connectivity index (χ4n) is 1.46. The highest BCUT2D eigenvalue weighted by Crippen LogP contribution is 2.23. The molecule has 1 aromatic heterocycles. The van der Waals surface area contributed by atoms with Gasteiger partial charge >= 0.3 is 0 Å². The van der Waals surface area contributed by atoms with Crippen LogP contribution in [-0.4, -0.2) is 37.7 Å². The van der Waals surface area contributed by atoms with E-state index in [2.05, 4.69) is 15.6 Å². The molecule has 0 unspecified atom stereocenters. The van der Waals surface area contributed by atoms with Crippen molar-refractivity contribution in [3.63, 3.8) is 0 Å². The molecule has 5 nitrogen and oxygen atoms in total. The predicted octanol–water partition coefficient (Wildman–Crippen LogP) is 1.04. The molecule has 2 N–H and O–H groups in total. The van der Waals surface area contributed by atoms with Crippen molar-refractivity contribution in [1.82, 2.24) is 15.6 Å². The number of nitrogens with zero attached hydrogens (tertiary/aromatic N) is 1. The zero-order valence-corrected chi connectivity index (χ0v) is 12.2.